The Labute approximate surface area is 157 Å². The Morgan fingerprint density at radius 2 is 2.04 bits per heavy atom. The van der Waals surface area contributed by atoms with Gasteiger partial charge in [0.1, 0.15) is 0 Å². The zero-order valence-corrected chi connectivity index (χ0v) is 15.5. The number of carboxylic acid groups (broad SMARTS) is 1. The Morgan fingerprint density at radius 3 is 2.67 bits per heavy atom. The number of aliphatic carboxylic acids is 1. The van der Waals surface area contributed by atoms with Crippen molar-refractivity contribution < 1.29 is 23.1 Å². The highest BCUT2D eigenvalue weighted by atomic mass is 19.4. The SMILES string of the molecule is CCC1C=C(C(=O)O)C=NC1C[C@@H](C)Cc1cccc(CNC(F)(F)F)c1. The van der Waals surface area contributed by atoms with Crippen LogP contribution in [0.4, 0.5) is 13.2 Å². The van der Waals surface area contributed by atoms with Gasteiger partial charge in [-0.1, -0.05) is 44.2 Å². The second-order valence-electron chi connectivity index (χ2n) is 7.06. The molecule has 0 fully saturated rings. The van der Waals surface area contributed by atoms with Gasteiger partial charge in [0.2, 0.25) is 0 Å². The Kier molecular flexibility index (Phi) is 7.18. The molecule has 2 rings (SSSR count). The average molecular weight is 382 g/mol. The van der Waals surface area contributed by atoms with E-state index in [1.807, 2.05) is 13.0 Å². The van der Waals surface area contributed by atoms with E-state index in [0.29, 0.717) is 5.56 Å². The summed E-state index contributed by atoms with van der Waals surface area (Å²) in [5, 5.41) is 10.6. The van der Waals surface area contributed by atoms with Crippen molar-refractivity contribution in [1.29, 1.82) is 0 Å². The molecule has 0 radical (unpaired) electrons. The number of benzene rings is 1. The molecule has 1 aliphatic heterocycles. The molecule has 3 atom stereocenters. The highest BCUT2D eigenvalue weighted by Crippen LogP contribution is 2.27. The molecule has 0 amide bonds. The number of rotatable bonds is 8. The minimum Gasteiger partial charge on any atom is -0.478 e. The number of aliphatic imine (C=N–C) groups is 1. The fraction of sp³-hybridized carbons (Fsp3) is 0.500. The summed E-state index contributed by atoms with van der Waals surface area (Å²) >= 11 is 0. The molecule has 0 spiro atoms. The van der Waals surface area contributed by atoms with Gasteiger partial charge in [-0.05, 0) is 36.3 Å². The van der Waals surface area contributed by atoms with Crippen molar-refractivity contribution in [3.05, 3.63) is 47.0 Å². The van der Waals surface area contributed by atoms with Crippen molar-refractivity contribution in [2.24, 2.45) is 16.8 Å². The first-order valence-corrected chi connectivity index (χ1v) is 9.05. The van der Waals surface area contributed by atoms with E-state index in [2.05, 4.69) is 11.9 Å². The van der Waals surface area contributed by atoms with E-state index in [0.717, 1.165) is 24.8 Å². The van der Waals surface area contributed by atoms with Crippen LogP contribution in [0, 0.1) is 11.8 Å². The van der Waals surface area contributed by atoms with E-state index in [1.165, 1.54) is 11.5 Å². The molecule has 0 saturated heterocycles. The molecule has 27 heavy (non-hydrogen) atoms. The lowest BCUT2D eigenvalue weighted by Crippen LogP contribution is -2.30. The van der Waals surface area contributed by atoms with Crippen molar-refractivity contribution >= 4 is 12.2 Å². The molecule has 0 bridgehead atoms. The quantitative estimate of drug-likeness (QED) is 0.657. The molecule has 2 unspecified atom stereocenters. The number of alkyl halides is 3. The highest BCUT2D eigenvalue weighted by molar-refractivity contribution is 6.08. The molecule has 2 N–H and O–H groups in total. The number of nitrogens with one attached hydrogen (secondary N) is 1. The molecule has 1 heterocycles. The van der Waals surface area contributed by atoms with Crippen molar-refractivity contribution in [2.75, 3.05) is 0 Å². The first-order valence-electron chi connectivity index (χ1n) is 9.05. The van der Waals surface area contributed by atoms with Gasteiger partial charge in [0.05, 0.1) is 11.6 Å². The van der Waals surface area contributed by atoms with Crippen LogP contribution in [0.2, 0.25) is 0 Å². The normalized spacial score (nSPS) is 21.0. The van der Waals surface area contributed by atoms with Crippen molar-refractivity contribution in [3.63, 3.8) is 0 Å². The maximum absolute atomic E-state index is 12.3. The van der Waals surface area contributed by atoms with Crippen molar-refractivity contribution in [1.82, 2.24) is 5.32 Å². The fourth-order valence-electron chi connectivity index (χ4n) is 3.39. The Morgan fingerprint density at radius 1 is 1.33 bits per heavy atom. The maximum Gasteiger partial charge on any atom is 0.457 e. The third-order valence-electron chi connectivity index (χ3n) is 4.72. The summed E-state index contributed by atoms with van der Waals surface area (Å²) in [6.45, 7) is 3.84. The Bertz CT molecular complexity index is 713. The van der Waals surface area contributed by atoms with Crippen LogP contribution >= 0.6 is 0 Å². The van der Waals surface area contributed by atoms with Gasteiger partial charge >= 0.3 is 12.3 Å². The smallest absolute Gasteiger partial charge is 0.457 e. The molecule has 0 aliphatic carbocycles. The first-order chi connectivity index (χ1) is 12.7. The van der Waals surface area contributed by atoms with Gasteiger partial charge in [-0.3, -0.25) is 4.99 Å². The summed E-state index contributed by atoms with van der Waals surface area (Å²) in [6, 6.07) is 7.17. The molecular weight excluding hydrogens is 357 g/mol. The third-order valence-corrected chi connectivity index (χ3v) is 4.72. The van der Waals surface area contributed by atoms with Crippen LogP contribution < -0.4 is 5.32 Å². The van der Waals surface area contributed by atoms with Crippen LogP contribution in [0.1, 0.15) is 37.8 Å². The summed E-state index contributed by atoms with van der Waals surface area (Å²) < 4.78 is 36.9. The fourth-order valence-corrected chi connectivity index (χ4v) is 3.39. The van der Waals surface area contributed by atoms with Crippen LogP contribution in [0.15, 0.2) is 40.9 Å². The zero-order chi connectivity index (χ0) is 20.0. The molecule has 1 aliphatic rings. The minimum atomic E-state index is -4.39. The van der Waals surface area contributed by atoms with Crippen molar-refractivity contribution in [2.45, 2.75) is 52.0 Å². The van der Waals surface area contributed by atoms with Crippen LogP contribution in [0.25, 0.3) is 0 Å². The van der Waals surface area contributed by atoms with E-state index in [-0.39, 0.29) is 30.0 Å². The van der Waals surface area contributed by atoms with Crippen LogP contribution in [0.3, 0.4) is 0 Å². The molecular formula is C20H25F3N2O2. The summed E-state index contributed by atoms with van der Waals surface area (Å²) in [4.78, 5) is 15.5. The number of hydrogen-bond donors (Lipinski definition) is 2. The topological polar surface area (TPSA) is 61.7 Å². The van der Waals surface area contributed by atoms with E-state index in [1.54, 1.807) is 24.3 Å². The second-order valence-corrected chi connectivity index (χ2v) is 7.06. The highest BCUT2D eigenvalue weighted by Gasteiger charge is 2.26. The number of carboxylic acids is 1. The first kappa shape index (κ1) is 21.2. The van der Waals surface area contributed by atoms with E-state index >= 15 is 0 Å². The lowest BCUT2D eigenvalue weighted by molar-refractivity contribution is -0.158. The number of carbonyl (C=O) groups is 1. The number of halogens is 3. The average Bonchev–Trinajstić information content (AvgIpc) is 2.59. The summed E-state index contributed by atoms with van der Waals surface area (Å²) in [5.74, 6) is -0.606. The van der Waals surface area contributed by atoms with Gasteiger partial charge in [-0.15, -0.1) is 0 Å². The number of hydrogen-bond acceptors (Lipinski definition) is 3. The molecule has 0 saturated carbocycles. The predicted molar refractivity (Wildman–Crippen MR) is 98.6 cm³/mol. The van der Waals surface area contributed by atoms with Crippen molar-refractivity contribution in [3.8, 4) is 0 Å². The van der Waals surface area contributed by atoms with E-state index in [9.17, 15) is 18.0 Å². The lowest BCUT2D eigenvalue weighted by Gasteiger charge is -2.26. The van der Waals surface area contributed by atoms with Gasteiger partial charge < -0.3 is 5.11 Å². The zero-order valence-electron chi connectivity index (χ0n) is 15.5. The largest absolute Gasteiger partial charge is 0.478 e. The van der Waals surface area contributed by atoms with Crippen LogP contribution in [-0.2, 0) is 17.8 Å². The molecule has 4 nitrogen and oxygen atoms in total. The Hall–Kier alpha value is -2.15. The minimum absolute atomic E-state index is 0.0307. The van der Waals surface area contributed by atoms with E-state index < -0.39 is 12.3 Å². The van der Waals surface area contributed by atoms with Gasteiger partial charge in [0.25, 0.3) is 0 Å². The Balaban J connectivity index is 1.95. The van der Waals surface area contributed by atoms with Crippen LogP contribution in [-0.4, -0.2) is 29.6 Å². The van der Waals surface area contributed by atoms with Gasteiger partial charge in [-0.25, -0.2) is 10.1 Å². The summed E-state index contributed by atoms with van der Waals surface area (Å²) in [6.07, 6.45) is 1.15. The van der Waals surface area contributed by atoms with Gasteiger partial charge in [0, 0.05) is 18.7 Å². The molecule has 1 aromatic rings. The summed E-state index contributed by atoms with van der Waals surface area (Å²) in [7, 11) is 0. The number of nitrogens with zero attached hydrogens (tertiary/aromatic N) is 1. The van der Waals surface area contributed by atoms with Gasteiger partial charge in [-0.2, -0.15) is 13.2 Å². The molecule has 1 aromatic carbocycles. The monoisotopic (exact) mass is 382 g/mol. The van der Waals surface area contributed by atoms with E-state index in [4.69, 9.17) is 5.11 Å². The maximum atomic E-state index is 12.3. The summed E-state index contributed by atoms with van der Waals surface area (Å²) in [5.41, 5.74) is 1.81. The van der Waals surface area contributed by atoms with Crippen LogP contribution in [0.5, 0.6) is 0 Å². The second kappa shape index (κ2) is 9.17. The molecule has 7 heteroatoms. The molecule has 148 valence electrons. The lowest BCUT2D eigenvalue weighted by atomic mass is 9.84. The molecule has 0 aromatic heterocycles. The van der Waals surface area contributed by atoms with Gasteiger partial charge in [0.15, 0.2) is 0 Å². The third kappa shape index (κ3) is 6.82. The number of dihydropyridines is 1. The standard InChI is InChI=1S/C20H25F3N2O2/c1-3-16-10-17(19(26)27)12-24-18(16)8-13(2)7-14-5-4-6-15(9-14)11-25-20(21,22)23/h4-6,9-10,12-13,16,18,25H,3,7-8,11H2,1-2H3,(H,26,27)/t13-,16?,18?/m0/s1. The predicted octanol–water partition coefficient (Wildman–Crippen LogP) is 4.35.